The van der Waals surface area contributed by atoms with Crippen LogP contribution in [0.15, 0.2) is 18.5 Å². The summed E-state index contributed by atoms with van der Waals surface area (Å²) in [6, 6.07) is 2.29. The second kappa shape index (κ2) is 5.85. The Balaban J connectivity index is 1.69. The van der Waals surface area contributed by atoms with Gasteiger partial charge in [0.1, 0.15) is 0 Å². The minimum atomic E-state index is -0.116. The first kappa shape index (κ1) is 15.2. The van der Waals surface area contributed by atoms with Gasteiger partial charge >= 0.3 is 0 Å². The van der Waals surface area contributed by atoms with Gasteiger partial charge in [0, 0.05) is 35.6 Å². The predicted molar refractivity (Wildman–Crippen MR) is 89.3 cm³/mol. The molecule has 1 aliphatic rings. The fourth-order valence-electron chi connectivity index (χ4n) is 3.11. The summed E-state index contributed by atoms with van der Waals surface area (Å²) in [7, 11) is 1.86. The van der Waals surface area contributed by atoms with Crippen LogP contribution >= 0.6 is 11.3 Å². The van der Waals surface area contributed by atoms with E-state index >= 15 is 0 Å². The van der Waals surface area contributed by atoms with Crippen LogP contribution in [-0.4, -0.2) is 28.3 Å². The van der Waals surface area contributed by atoms with E-state index in [2.05, 4.69) is 37.3 Å². The highest BCUT2D eigenvalue weighted by Gasteiger charge is 2.34. The molecule has 0 spiro atoms. The summed E-state index contributed by atoms with van der Waals surface area (Å²) in [6.07, 6.45) is 4.46. The molecule has 118 valence electrons. The van der Waals surface area contributed by atoms with Gasteiger partial charge in [-0.2, -0.15) is 5.10 Å². The number of hydrogen-bond donors (Lipinski definition) is 1. The van der Waals surface area contributed by atoms with Crippen LogP contribution in [0.25, 0.3) is 0 Å². The maximum atomic E-state index is 12.6. The van der Waals surface area contributed by atoms with Crippen molar-refractivity contribution in [2.24, 2.45) is 7.05 Å². The quantitative estimate of drug-likeness (QED) is 0.942. The number of anilines is 1. The fraction of sp³-hybridized carbons (Fsp3) is 0.500. The Labute approximate surface area is 134 Å². The van der Waals surface area contributed by atoms with E-state index in [4.69, 9.17) is 0 Å². The highest BCUT2D eigenvalue weighted by molar-refractivity contribution is 7.12. The summed E-state index contributed by atoms with van der Waals surface area (Å²) < 4.78 is 1.73. The van der Waals surface area contributed by atoms with E-state index in [1.165, 1.54) is 15.3 Å². The summed E-state index contributed by atoms with van der Waals surface area (Å²) in [5.74, 6) is 0.143. The Hall–Kier alpha value is -1.66. The van der Waals surface area contributed by atoms with Gasteiger partial charge in [0.25, 0.3) is 0 Å². The molecule has 1 fully saturated rings. The minimum Gasteiger partial charge on any atom is -0.308 e. The first-order valence-electron chi connectivity index (χ1n) is 7.58. The van der Waals surface area contributed by atoms with Gasteiger partial charge in [-0.15, -0.1) is 11.3 Å². The third-order valence-electron chi connectivity index (χ3n) is 4.21. The van der Waals surface area contributed by atoms with Gasteiger partial charge in [-0.1, -0.05) is 0 Å². The predicted octanol–water partition coefficient (Wildman–Crippen LogP) is 2.55. The monoisotopic (exact) mass is 318 g/mol. The van der Waals surface area contributed by atoms with E-state index in [0.29, 0.717) is 0 Å². The molecule has 2 aromatic heterocycles. The molecule has 5 nitrogen and oxygen atoms in total. The van der Waals surface area contributed by atoms with Crippen molar-refractivity contribution in [3.05, 3.63) is 33.8 Å². The largest absolute Gasteiger partial charge is 0.308 e. The van der Waals surface area contributed by atoms with E-state index in [0.717, 1.165) is 18.7 Å². The highest BCUT2D eigenvalue weighted by atomic mass is 32.1. The Morgan fingerprint density at radius 2 is 2.23 bits per heavy atom. The second-order valence-corrected chi connectivity index (χ2v) is 7.42. The Bertz CT molecular complexity index is 690. The average Bonchev–Trinajstić information content (AvgIpc) is 3.11. The van der Waals surface area contributed by atoms with Crippen molar-refractivity contribution in [1.82, 2.24) is 15.1 Å². The summed E-state index contributed by atoms with van der Waals surface area (Å²) >= 11 is 1.81. The van der Waals surface area contributed by atoms with Gasteiger partial charge in [0.15, 0.2) is 0 Å². The lowest BCUT2D eigenvalue weighted by atomic mass is 10.1. The third-order valence-corrected chi connectivity index (χ3v) is 5.19. The van der Waals surface area contributed by atoms with Crippen molar-refractivity contribution in [2.75, 3.05) is 11.4 Å². The molecule has 3 rings (SSSR count). The number of amides is 1. The summed E-state index contributed by atoms with van der Waals surface area (Å²) in [5, 5.41) is 7.64. The topological polar surface area (TPSA) is 50.2 Å². The van der Waals surface area contributed by atoms with Gasteiger partial charge in [0.2, 0.25) is 5.91 Å². The number of aryl methyl sites for hydroxylation is 3. The van der Waals surface area contributed by atoms with Crippen LogP contribution in [0, 0.1) is 13.8 Å². The second-order valence-electron chi connectivity index (χ2n) is 5.96. The number of hydrogen-bond acceptors (Lipinski definition) is 4. The van der Waals surface area contributed by atoms with Gasteiger partial charge in [-0.05, 0) is 38.8 Å². The summed E-state index contributed by atoms with van der Waals surface area (Å²) in [4.78, 5) is 17.1. The molecule has 2 atom stereocenters. The number of carbonyl (C=O) groups excluding carboxylic acids is 1. The molecule has 2 aromatic rings. The maximum Gasteiger partial charge on any atom is 0.244 e. The van der Waals surface area contributed by atoms with Crippen molar-refractivity contribution in [3.63, 3.8) is 0 Å². The molecule has 0 aliphatic carbocycles. The van der Waals surface area contributed by atoms with Crippen molar-refractivity contribution in [1.29, 1.82) is 0 Å². The van der Waals surface area contributed by atoms with E-state index < -0.39 is 0 Å². The maximum absolute atomic E-state index is 12.6. The van der Waals surface area contributed by atoms with Gasteiger partial charge < -0.3 is 4.90 Å². The van der Waals surface area contributed by atoms with Crippen LogP contribution in [-0.2, 0) is 11.8 Å². The molecule has 22 heavy (non-hydrogen) atoms. The zero-order valence-electron chi connectivity index (χ0n) is 13.5. The minimum absolute atomic E-state index is 0.116. The lowest BCUT2D eigenvalue weighted by Gasteiger charge is -2.19. The normalized spacial score (nSPS) is 19.9. The molecule has 0 aromatic carbocycles. The molecule has 1 aliphatic heterocycles. The smallest absolute Gasteiger partial charge is 0.244 e. The van der Waals surface area contributed by atoms with Crippen LogP contribution in [0.1, 0.15) is 34.7 Å². The first-order valence-corrected chi connectivity index (χ1v) is 8.40. The van der Waals surface area contributed by atoms with E-state index in [9.17, 15) is 4.79 Å². The highest BCUT2D eigenvalue weighted by Crippen LogP contribution is 2.28. The van der Waals surface area contributed by atoms with E-state index in [-0.39, 0.29) is 18.0 Å². The molecule has 6 heteroatoms. The van der Waals surface area contributed by atoms with Crippen molar-refractivity contribution in [3.8, 4) is 0 Å². The molecule has 1 N–H and O–H groups in total. The van der Waals surface area contributed by atoms with Crippen molar-refractivity contribution < 1.29 is 4.79 Å². The molecule has 0 radical (unpaired) electrons. The number of rotatable bonds is 4. The third kappa shape index (κ3) is 2.80. The Morgan fingerprint density at radius 3 is 2.82 bits per heavy atom. The van der Waals surface area contributed by atoms with Crippen molar-refractivity contribution >= 4 is 22.9 Å². The molecular weight excluding hydrogens is 296 g/mol. The molecule has 1 saturated heterocycles. The molecule has 0 bridgehead atoms. The van der Waals surface area contributed by atoms with Gasteiger partial charge in [-0.3, -0.25) is 14.8 Å². The Kier molecular flexibility index (Phi) is 4.06. The molecule has 3 heterocycles. The lowest BCUT2D eigenvalue weighted by Crippen LogP contribution is -2.39. The van der Waals surface area contributed by atoms with Gasteiger partial charge in [0.05, 0.1) is 17.9 Å². The number of carbonyl (C=O) groups is 1. The molecule has 1 amide bonds. The lowest BCUT2D eigenvalue weighted by molar-refractivity contribution is -0.119. The standard InChI is InChI=1S/C16H22N4OS/c1-10-7-14(12(3)22-10)11(2)18-15-5-6-20(16(15)21)13-8-17-19(4)9-13/h7-9,11,15,18H,5-6H2,1-4H3/t11-,15+/m0/s1. The number of aromatic nitrogens is 2. The van der Waals surface area contributed by atoms with Crippen molar-refractivity contribution in [2.45, 2.75) is 39.3 Å². The van der Waals surface area contributed by atoms with E-state index in [1.54, 1.807) is 10.9 Å². The zero-order valence-corrected chi connectivity index (χ0v) is 14.3. The molecule has 0 saturated carbocycles. The zero-order chi connectivity index (χ0) is 15.9. The van der Waals surface area contributed by atoms with Crippen LogP contribution in [0.4, 0.5) is 5.69 Å². The molecular formula is C16H22N4OS. The molecule has 0 unspecified atom stereocenters. The van der Waals surface area contributed by atoms with Crippen LogP contribution in [0.5, 0.6) is 0 Å². The van der Waals surface area contributed by atoms with Gasteiger partial charge in [-0.25, -0.2) is 0 Å². The summed E-state index contributed by atoms with van der Waals surface area (Å²) in [6.45, 7) is 7.15. The van der Waals surface area contributed by atoms with Crippen LogP contribution < -0.4 is 10.2 Å². The van der Waals surface area contributed by atoms with E-state index in [1.807, 2.05) is 29.5 Å². The number of thiophene rings is 1. The number of nitrogens with one attached hydrogen (secondary N) is 1. The summed E-state index contributed by atoms with van der Waals surface area (Å²) in [5.41, 5.74) is 2.18. The SMILES string of the molecule is Cc1cc([C@H](C)N[C@@H]2CCN(c3cnn(C)c3)C2=O)c(C)s1. The fourth-order valence-corrected chi connectivity index (χ4v) is 4.13. The average molecular weight is 318 g/mol. The number of nitrogens with zero attached hydrogens (tertiary/aromatic N) is 3. The first-order chi connectivity index (χ1) is 10.5. The van der Waals surface area contributed by atoms with Crippen LogP contribution in [0.2, 0.25) is 0 Å². The van der Waals surface area contributed by atoms with Crippen LogP contribution in [0.3, 0.4) is 0 Å². The Morgan fingerprint density at radius 1 is 1.45 bits per heavy atom.